The second-order valence-electron chi connectivity index (χ2n) is 7.62. The van der Waals surface area contributed by atoms with E-state index in [1.165, 1.54) is 19.3 Å². The number of aryl methyl sites for hydroxylation is 1. The largest absolute Gasteiger partial charge is 0.348 e. The fourth-order valence-corrected chi connectivity index (χ4v) is 4.45. The third kappa shape index (κ3) is 3.45. The van der Waals surface area contributed by atoms with E-state index in [0.717, 1.165) is 23.9 Å². The van der Waals surface area contributed by atoms with Crippen molar-refractivity contribution < 1.29 is 4.79 Å². The summed E-state index contributed by atoms with van der Waals surface area (Å²) in [5.41, 5.74) is 1.68. The highest BCUT2D eigenvalue weighted by Gasteiger charge is 2.29. The monoisotopic (exact) mass is 368 g/mol. The molecular formula is C21H28N4O2. The minimum absolute atomic E-state index is 0.0387. The van der Waals surface area contributed by atoms with E-state index < -0.39 is 0 Å². The lowest BCUT2D eigenvalue weighted by Crippen LogP contribution is -2.52. The molecule has 1 aromatic heterocycles. The summed E-state index contributed by atoms with van der Waals surface area (Å²) in [5.74, 6) is 1.04. The van der Waals surface area contributed by atoms with Crippen molar-refractivity contribution in [2.75, 3.05) is 31.1 Å². The van der Waals surface area contributed by atoms with Gasteiger partial charge in [0.05, 0.1) is 11.0 Å². The zero-order valence-electron chi connectivity index (χ0n) is 16.1. The highest BCUT2D eigenvalue weighted by atomic mass is 16.2. The van der Waals surface area contributed by atoms with Crippen LogP contribution in [-0.2, 0) is 11.3 Å². The van der Waals surface area contributed by atoms with E-state index in [4.69, 9.17) is 0 Å². The molecule has 1 saturated carbocycles. The van der Waals surface area contributed by atoms with Crippen LogP contribution in [0.4, 0.5) is 5.82 Å². The number of rotatable bonds is 3. The van der Waals surface area contributed by atoms with Gasteiger partial charge in [0, 0.05) is 38.6 Å². The molecule has 0 atom stereocenters. The first-order valence-electron chi connectivity index (χ1n) is 10.2. The summed E-state index contributed by atoms with van der Waals surface area (Å²) in [5, 5.41) is 0. The lowest BCUT2D eigenvalue weighted by molar-refractivity contribution is -0.136. The molecule has 2 heterocycles. The number of piperazine rings is 1. The fourth-order valence-electron chi connectivity index (χ4n) is 4.45. The molecule has 1 aromatic carbocycles. The third-order valence-corrected chi connectivity index (χ3v) is 6.00. The van der Waals surface area contributed by atoms with Crippen LogP contribution in [0.3, 0.4) is 0 Å². The van der Waals surface area contributed by atoms with Gasteiger partial charge in [0.15, 0.2) is 5.82 Å². The van der Waals surface area contributed by atoms with Gasteiger partial charge in [-0.25, -0.2) is 4.98 Å². The highest BCUT2D eigenvalue weighted by Crippen LogP contribution is 2.26. The van der Waals surface area contributed by atoms with Crippen molar-refractivity contribution in [1.29, 1.82) is 0 Å². The van der Waals surface area contributed by atoms with Crippen LogP contribution in [0.25, 0.3) is 11.0 Å². The molecule has 1 aliphatic carbocycles. The van der Waals surface area contributed by atoms with Crippen LogP contribution >= 0.6 is 0 Å². The Morgan fingerprint density at radius 2 is 1.78 bits per heavy atom. The molecule has 1 aliphatic heterocycles. The summed E-state index contributed by atoms with van der Waals surface area (Å²) in [4.78, 5) is 34.4. The Labute approximate surface area is 159 Å². The fraction of sp³-hybridized carbons (Fsp3) is 0.571. The van der Waals surface area contributed by atoms with Gasteiger partial charge in [-0.2, -0.15) is 0 Å². The number of aromatic nitrogens is 2. The van der Waals surface area contributed by atoms with Crippen molar-refractivity contribution in [1.82, 2.24) is 14.5 Å². The third-order valence-electron chi connectivity index (χ3n) is 6.00. The number of hydrogen-bond donors (Lipinski definition) is 0. The molecule has 0 N–H and O–H groups in total. The minimum atomic E-state index is -0.0387. The lowest BCUT2D eigenvalue weighted by atomic mass is 9.88. The van der Waals surface area contributed by atoms with Crippen molar-refractivity contribution in [3.63, 3.8) is 0 Å². The van der Waals surface area contributed by atoms with Gasteiger partial charge < -0.3 is 14.4 Å². The molecule has 0 bridgehead atoms. The van der Waals surface area contributed by atoms with Gasteiger partial charge in [-0.05, 0) is 31.9 Å². The zero-order chi connectivity index (χ0) is 18.8. The molecule has 2 fully saturated rings. The summed E-state index contributed by atoms with van der Waals surface area (Å²) >= 11 is 0. The van der Waals surface area contributed by atoms with Crippen molar-refractivity contribution >= 4 is 22.8 Å². The normalized spacial score (nSPS) is 18.9. The smallest absolute Gasteiger partial charge is 0.293 e. The quantitative estimate of drug-likeness (QED) is 0.836. The van der Waals surface area contributed by atoms with Gasteiger partial charge >= 0.3 is 0 Å². The molecule has 27 heavy (non-hydrogen) atoms. The van der Waals surface area contributed by atoms with Gasteiger partial charge in [-0.1, -0.05) is 31.4 Å². The molecule has 6 nitrogen and oxygen atoms in total. The van der Waals surface area contributed by atoms with E-state index in [-0.39, 0.29) is 11.5 Å². The zero-order valence-corrected chi connectivity index (χ0v) is 16.1. The van der Waals surface area contributed by atoms with Crippen LogP contribution in [0.1, 0.15) is 39.0 Å². The topological polar surface area (TPSA) is 58.4 Å². The summed E-state index contributed by atoms with van der Waals surface area (Å²) in [6, 6.07) is 7.78. The minimum Gasteiger partial charge on any atom is -0.348 e. The number of hydrogen-bond acceptors (Lipinski definition) is 4. The highest BCUT2D eigenvalue weighted by molar-refractivity contribution is 5.79. The second kappa shape index (κ2) is 7.71. The number of carbonyl (C=O) groups excluding carboxylic acids is 1. The molecule has 0 spiro atoms. The molecule has 1 amide bonds. The maximum atomic E-state index is 13.0. The van der Waals surface area contributed by atoms with E-state index >= 15 is 0 Å². The Morgan fingerprint density at radius 3 is 2.48 bits per heavy atom. The van der Waals surface area contributed by atoms with Gasteiger partial charge in [0.25, 0.3) is 5.56 Å². The van der Waals surface area contributed by atoms with Crippen molar-refractivity contribution in [2.45, 2.75) is 45.6 Å². The van der Waals surface area contributed by atoms with E-state index in [2.05, 4.69) is 4.98 Å². The second-order valence-corrected chi connectivity index (χ2v) is 7.62. The van der Waals surface area contributed by atoms with Crippen LogP contribution in [0.5, 0.6) is 0 Å². The molecule has 0 radical (unpaired) electrons. The maximum absolute atomic E-state index is 13.0. The van der Waals surface area contributed by atoms with Gasteiger partial charge in [0.1, 0.15) is 0 Å². The molecule has 4 rings (SSSR count). The van der Waals surface area contributed by atoms with E-state index in [9.17, 15) is 9.59 Å². The molecular weight excluding hydrogens is 340 g/mol. The molecule has 1 saturated heterocycles. The van der Waals surface area contributed by atoms with Gasteiger partial charge in [0.2, 0.25) is 5.91 Å². The maximum Gasteiger partial charge on any atom is 0.293 e. The van der Waals surface area contributed by atoms with Crippen molar-refractivity contribution in [3.05, 3.63) is 34.6 Å². The Bertz CT molecular complexity index is 877. The predicted molar refractivity (Wildman–Crippen MR) is 107 cm³/mol. The standard InChI is InChI=1S/C21H28N4O2/c1-2-25-18-11-7-6-10-17(18)22-19(21(25)27)23-12-14-24(15-13-23)20(26)16-8-4-3-5-9-16/h6-7,10-11,16H,2-5,8-9,12-15H2,1H3. The molecule has 2 aromatic rings. The lowest BCUT2D eigenvalue weighted by Gasteiger charge is -2.37. The Hall–Kier alpha value is -2.37. The molecule has 0 unspecified atom stereocenters. The summed E-state index contributed by atoms with van der Waals surface area (Å²) in [7, 11) is 0. The van der Waals surface area contributed by atoms with Crippen LogP contribution in [-0.4, -0.2) is 46.5 Å². The number of fused-ring (bicyclic) bond motifs is 1. The Kier molecular flexibility index (Phi) is 5.14. The Morgan fingerprint density at radius 1 is 1.07 bits per heavy atom. The molecule has 6 heteroatoms. The average molecular weight is 368 g/mol. The summed E-state index contributed by atoms with van der Waals surface area (Å²) in [6.07, 6.45) is 5.68. The van der Waals surface area contributed by atoms with Crippen LogP contribution in [0.2, 0.25) is 0 Å². The number of carbonyl (C=O) groups is 1. The number of anilines is 1. The predicted octanol–water partition coefficient (Wildman–Crippen LogP) is 2.65. The van der Waals surface area contributed by atoms with Gasteiger partial charge in [-0.15, -0.1) is 0 Å². The number of amides is 1. The molecule has 2 aliphatic rings. The van der Waals surface area contributed by atoms with E-state index in [0.29, 0.717) is 44.4 Å². The number of para-hydroxylation sites is 2. The Balaban J connectivity index is 1.52. The van der Waals surface area contributed by atoms with Crippen LogP contribution in [0.15, 0.2) is 29.1 Å². The van der Waals surface area contributed by atoms with E-state index in [1.54, 1.807) is 4.57 Å². The summed E-state index contributed by atoms with van der Waals surface area (Å²) in [6.45, 7) is 5.30. The summed E-state index contributed by atoms with van der Waals surface area (Å²) < 4.78 is 1.79. The van der Waals surface area contributed by atoms with Crippen LogP contribution < -0.4 is 10.5 Å². The van der Waals surface area contributed by atoms with Gasteiger partial charge in [-0.3, -0.25) is 9.59 Å². The first kappa shape index (κ1) is 18.0. The SMILES string of the molecule is CCn1c(=O)c(N2CCN(C(=O)C3CCCCC3)CC2)nc2ccccc21. The van der Waals surface area contributed by atoms with Crippen molar-refractivity contribution in [2.24, 2.45) is 5.92 Å². The number of nitrogens with zero attached hydrogens (tertiary/aromatic N) is 4. The molecule has 144 valence electrons. The average Bonchev–Trinajstić information content (AvgIpc) is 2.73. The van der Waals surface area contributed by atoms with Crippen LogP contribution in [0, 0.1) is 5.92 Å². The number of benzene rings is 1. The van der Waals surface area contributed by atoms with Crippen molar-refractivity contribution in [3.8, 4) is 0 Å². The first-order chi connectivity index (χ1) is 13.2. The van der Waals surface area contributed by atoms with E-state index in [1.807, 2.05) is 41.0 Å². The first-order valence-corrected chi connectivity index (χ1v) is 10.2.